The van der Waals surface area contributed by atoms with Crippen LogP contribution in [0, 0.1) is 0 Å². The van der Waals surface area contributed by atoms with Crippen LogP contribution >= 0.6 is 23.2 Å². The summed E-state index contributed by atoms with van der Waals surface area (Å²) in [6.45, 7) is 0. The van der Waals surface area contributed by atoms with Crippen molar-refractivity contribution in [2.24, 2.45) is 0 Å². The van der Waals surface area contributed by atoms with Crippen molar-refractivity contribution in [2.45, 2.75) is 5.92 Å². The number of fused-ring (bicyclic) bond motifs is 4. The van der Waals surface area contributed by atoms with Crippen molar-refractivity contribution in [3.05, 3.63) is 116 Å². The molecule has 4 aromatic rings. The predicted molar refractivity (Wildman–Crippen MR) is 127 cm³/mol. The van der Waals surface area contributed by atoms with E-state index in [1.54, 1.807) is 48.5 Å². The summed E-state index contributed by atoms with van der Waals surface area (Å²) in [5.74, 6) is -1.53. The fourth-order valence-electron chi connectivity index (χ4n) is 4.76. The van der Waals surface area contributed by atoms with Gasteiger partial charge in [0.1, 0.15) is 0 Å². The Bertz CT molecular complexity index is 1570. The number of aromatic hydroxyl groups is 1. The molecule has 0 saturated heterocycles. The van der Waals surface area contributed by atoms with Crippen LogP contribution in [0.15, 0.2) is 84.1 Å². The minimum absolute atomic E-state index is 0.0900. The van der Waals surface area contributed by atoms with Crippen molar-refractivity contribution in [2.75, 3.05) is 0 Å². The number of phenolic OH excluding ortho intramolecular Hbond substituents is 1. The van der Waals surface area contributed by atoms with Crippen LogP contribution in [-0.2, 0) is 0 Å². The summed E-state index contributed by atoms with van der Waals surface area (Å²) >= 11 is 12.8. The first-order chi connectivity index (χ1) is 16.0. The Kier molecular flexibility index (Phi) is 4.37. The number of hydrogen-bond acceptors (Lipinski definition) is 4. The zero-order valence-corrected chi connectivity index (χ0v) is 18.4. The number of rotatable bonds is 1. The molecule has 0 fully saturated rings. The molecule has 1 aliphatic carbocycles. The summed E-state index contributed by atoms with van der Waals surface area (Å²) in [6, 6.07) is 20.8. The lowest BCUT2D eigenvalue weighted by molar-refractivity contribution is 0.0926. The average molecular weight is 473 g/mol. The smallest absolute Gasteiger partial charge is 0.229 e. The van der Waals surface area contributed by atoms with Crippen LogP contribution in [0.1, 0.15) is 37.8 Å². The number of carbonyl (C=O) groups is 2. The highest BCUT2D eigenvalue weighted by Gasteiger charge is 2.44. The highest BCUT2D eigenvalue weighted by molar-refractivity contribution is 6.35. The molecule has 4 nitrogen and oxygen atoms in total. The molecule has 0 bridgehead atoms. The van der Waals surface area contributed by atoms with E-state index in [1.807, 2.05) is 24.3 Å². The first kappa shape index (κ1) is 20.0. The Labute approximate surface area is 198 Å². The maximum absolute atomic E-state index is 13.8. The predicted octanol–water partition coefficient (Wildman–Crippen LogP) is 6.71. The molecule has 0 aromatic heterocycles. The molecule has 1 N–H and O–H groups in total. The standard InChI is InChI=1S/C27H14Cl2O4/c28-14-9-10-18(19(29)12-14)21-22-15-6-2-1-5-13(15)11-20(30)26(22)33-27-23(21)24(31)16-7-3-4-8-17(16)25(27)32/h1-12,21,30H. The van der Waals surface area contributed by atoms with E-state index >= 15 is 0 Å². The first-order valence-electron chi connectivity index (χ1n) is 10.3. The van der Waals surface area contributed by atoms with Crippen molar-refractivity contribution < 1.29 is 19.4 Å². The van der Waals surface area contributed by atoms with Crippen LogP contribution in [0.25, 0.3) is 10.8 Å². The van der Waals surface area contributed by atoms with E-state index in [1.165, 1.54) is 0 Å². The molecule has 1 atom stereocenters. The summed E-state index contributed by atoms with van der Waals surface area (Å²) in [7, 11) is 0. The lowest BCUT2D eigenvalue weighted by Gasteiger charge is -2.34. The molecular weight excluding hydrogens is 459 g/mol. The van der Waals surface area contributed by atoms with Gasteiger partial charge in [0.2, 0.25) is 5.78 Å². The average Bonchev–Trinajstić information content (AvgIpc) is 2.82. The van der Waals surface area contributed by atoms with Crippen LogP contribution < -0.4 is 4.74 Å². The third-order valence-corrected chi connectivity index (χ3v) is 6.75. The molecule has 33 heavy (non-hydrogen) atoms. The number of hydrogen-bond donors (Lipinski definition) is 1. The lowest BCUT2D eigenvalue weighted by Crippen LogP contribution is -2.31. The Balaban J connectivity index is 1.74. The Morgan fingerprint density at radius 3 is 2.27 bits per heavy atom. The van der Waals surface area contributed by atoms with Crippen LogP contribution in [0.5, 0.6) is 11.5 Å². The number of ketones is 2. The zero-order valence-electron chi connectivity index (χ0n) is 16.9. The van der Waals surface area contributed by atoms with Crippen molar-refractivity contribution >= 4 is 45.5 Å². The number of Topliss-reactive ketones (excluding diaryl/α,β-unsaturated/α-hetero) is 2. The number of allylic oxidation sites excluding steroid dienone is 2. The van der Waals surface area contributed by atoms with Crippen molar-refractivity contribution in [3.8, 4) is 11.5 Å². The van der Waals surface area contributed by atoms with Gasteiger partial charge in [0.15, 0.2) is 23.0 Å². The molecule has 0 spiro atoms. The molecule has 2 aliphatic rings. The summed E-state index contributed by atoms with van der Waals surface area (Å²) in [6.07, 6.45) is 0. The van der Waals surface area contributed by atoms with E-state index in [0.717, 1.165) is 10.8 Å². The van der Waals surface area contributed by atoms with Gasteiger partial charge in [-0.15, -0.1) is 0 Å². The van der Waals surface area contributed by atoms with E-state index < -0.39 is 11.7 Å². The fourth-order valence-corrected chi connectivity index (χ4v) is 5.28. The summed E-state index contributed by atoms with van der Waals surface area (Å²) in [4.78, 5) is 27.2. The van der Waals surface area contributed by atoms with E-state index in [4.69, 9.17) is 27.9 Å². The molecule has 0 saturated carbocycles. The van der Waals surface area contributed by atoms with Gasteiger partial charge >= 0.3 is 0 Å². The SMILES string of the molecule is O=C1C2=C(C(=O)c3ccccc31)C(c1ccc(Cl)cc1Cl)c1c(c(O)cc3ccccc13)O2. The second kappa shape index (κ2) is 7.20. The molecule has 4 aromatic carbocycles. The van der Waals surface area contributed by atoms with Gasteiger partial charge in [-0.3, -0.25) is 9.59 Å². The van der Waals surface area contributed by atoms with E-state index in [9.17, 15) is 14.7 Å². The van der Waals surface area contributed by atoms with Crippen LogP contribution in [-0.4, -0.2) is 16.7 Å². The van der Waals surface area contributed by atoms with Gasteiger partial charge in [0.05, 0.1) is 5.57 Å². The minimum Gasteiger partial charge on any atom is -0.504 e. The second-order valence-electron chi connectivity index (χ2n) is 8.01. The largest absolute Gasteiger partial charge is 0.504 e. The molecule has 6 heteroatoms. The van der Waals surface area contributed by atoms with Crippen molar-refractivity contribution in [3.63, 3.8) is 0 Å². The Hall–Kier alpha value is -3.60. The van der Waals surface area contributed by atoms with Gasteiger partial charge in [0, 0.05) is 32.7 Å². The van der Waals surface area contributed by atoms with E-state index in [2.05, 4.69) is 0 Å². The molecule has 0 radical (unpaired) electrons. The number of benzene rings is 4. The zero-order chi connectivity index (χ0) is 22.9. The van der Waals surface area contributed by atoms with Crippen LogP contribution in [0.2, 0.25) is 10.0 Å². The maximum atomic E-state index is 13.8. The minimum atomic E-state index is -0.740. The molecule has 160 valence electrons. The fraction of sp³-hybridized carbons (Fsp3) is 0.0370. The molecule has 1 heterocycles. The van der Waals surface area contributed by atoms with Gasteiger partial charge in [-0.2, -0.15) is 0 Å². The van der Waals surface area contributed by atoms with Gasteiger partial charge in [-0.05, 0) is 34.5 Å². The highest BCUT2D eigenvalue weighted by atomic mass is 35.5. The monoisotopic (exact) mass is 472 g/mol. The normalized spacial score (nSPS) is 16.8. The molecule has 1 unspecified atom stereocenters. The summed E-state index contributed by atoms with van der Waals surface area (Å²) in [5, 5.41) is 13.2. The molecule has 0 amide bonds. The lowest BCUT2D eigenvalue weighted by atomic mass is 9.73. The van der Waals surface area contributed by atoms with Gasteiger partial charge < -0.3 is 9.84 Å². The van der Waals surface area contributed by atoms with Crippen molar-refractivity contribution in [1.29, 1.82) is 0 Å². The van der Waals surface area contributed by atoms with Crippen molar-refractivity contribution in [1.82, 2.24) is 0 Å². The molecule has 6 rings (SSSR count). The third kappa shape index (κ3) is 2.85. The summed E-state index contributed by atoms with van der Waals surface area (Å²) < 4.78 is 6.02. The quantitative estimate of drug-likeness (QED) is 0.334. The number of halogens is 2. The number of ether oxygens (including phenoxy) is 1. The Morgan fingerprint density at radius 1 is 0.818 bits per heavy atom. The van der Waals surface area contributed by atoms with Gasteiger partial charge in [0.25, 0.3) is 0 Å². The Morgan fingerprint density at radius 2 is 1.52 bits per heavy atom. The van der Waals surface area contributed by atoms with E-state index in [-0.39, 0.29) is 34.2 Å². The number of carbonyl (C=O) groups excluding carboxylic acids is 2. The first-order valence-corrected chi connectivity index (χ1v) is 11.0. The maximum Gasteiger partial charge on any atom is 0.229 e. The van der Waals surface area contributed by atoms with Gasteiger partial charge in [-0.25, -0.2) is 0 Å². The van der Waals surface area contributed by atoms with Crippen LogP contribution in [0.4, 0.5) is 0 Å². The second-order valence-corrected chi connectivity index (χ2v) is 8.85. The molecular formula is C27H14Cl2O4. The summed E-state index contributed by atoms with van der Waals surface area (Å²) in [5.41, 5.74) is 1.95. The van der Waals surface area contributed by atoms with E-state index in [0.29, 0.717) is 26.7 Å². The highest BCUT2D eigenvalue weighted by Crippen LogP contribution is 2.53. The van der Waals surface area contributed by atoms with Crippen LogP contribution in [0.3, 0.4) is 0 Å². The van der Waals surface area contributed by atoms with Gasteiger partial charge in [-0.1, -0.05) is 77.8 Å². The number of phenols is 1. The third-order valence-electron chi connectivity index (χ3n) is 6.19. The topological polar surface area (TPSA) is 63.6 Å². The molecule has 1 aliphatic heterocycles.